The van der Waals surface area contributed by atoms with Gasteiger partial charge in [-0.3, -0.25) is 4.79 Å². The van der Waals surface area contributed by atoms with Crippen LogP contribution in [0.25, 0.3) is 0 Å². The average molecular weight is 235 g/mol. The highest BCUT2D eigenvalue weighted by atomic mass is 16.1. The number of carbonyl (C=O) groups excluding carboxylic acids is 1. The Morgan fingerprint density at radius 3 is 2.59 bits per heavy atom. The number of nitrogens with one attached hydrogen (secondary N) is 5. The zero-order chi connectivity index (χ0) is 11.9. The minimum Gasteiger partial charge on any atom is -0.356 e. The molecule has 0 spiro atoms. The predicted octanol–water partition coefficient (Wildman–Crippen LogP) is -0.821. The fourth-order valence-electron chi connectivity index (χ4n) is 1.63. The lowest BCUT2D eigenvalue weighted by Crippen LogP contribution is -2.39. The normalized spacial score (nSPS) is 16.0. The van der Waals surface area contributed by atoms with Crippen LogP contribution in [0, 0.1) is 0 Å². The van der Waals surface area contributed by atoms with Crippen LogP contribution in [-0.4, -0.2) is 18.6 Å². The molecule has 0 saturated carbocycles. The van der Waals surface area contributed by atoms with Crippen molar-refractivity contribution in [1.82, 2.24) is 27.2 Å². The van der Waals surface area contributed by atoms with Gasteiger partial charge in [-0.15, -0.1) is 0 Å². The molecular formula is C11H17N5O. The molecule has 2 rings (SSSR count). The largest absolute Gasteiger partial charge is 0.356 e. The lowest BCUT2D eigenvalue weighted by molar-refractivity contribution is -0.121. The molecule has 0 unspecified atom stereocenters. The van der Waals surface area contributed by atoms with Gasteiger partial charge < -0.3 is 5.32 Å². The maximum absolute atomic E-state index is 11.5. The van der Waals surface area contributed by atoms with E-state index in [1.165, 1.54) is 5.56 Å². The zero-order valence-electron chi connectivity index (χ0n) is 9.49. The Kier molecular flexibility index (Phi) is 4.45. The molecule has 5 N–H and O–H groups in total. The average Bonchev–Trinajstić information content (AvgIpc) is 2.83. The molecule has 1 aromatic carbocycles. The van der Waals surface area contributed by atoms with Crippen molar-refractivity contribution in [2.45, 2.75) is 19.0 Å². The molecule has 1 aliphatic heterocycles. The van der Waals surface area contributed by atoms with Crippen LogP contribution in [0.5, 0.6) is 0 Å². The Morgan fingerprint density at radius 1 is 1.18 bits per heavy atom. The first kappa shape index (κ1) is 12.0. The number of hydrazine groups is 3. The van der Waals surface area contributed by atoms with E-state index in [0.29, 0.717) is 13.0 Å². The van der Waals surface area contributed by atoms with Crippen molar-refractivity contribution in [2.24, 2.45) is 0 Å². The van der Waals surface area contributed by atoms with Crippen molar-refractivity contribution in [3.05, 3.63) is 35.9 Å². The fraction of sp³-hybridized carbons (Fsp3) is 0.364. The van der Waals surface area contributed by atoms with Gasteiger partial charge in [0, 0.05) is 6.54 Å². The highest BCUT2D eigenvalue weighted by Crippen LogP contribution is 1.98. The molecule has 6 heteroatoms. The van der Waals surface area contributed by atoms with Gasteiger partial charge in [-0.05, 0) is 12.0 Å². The molecule has 92 valence electrons. The third-order valence-electron chi connectivity index (χ3n) is 2.52. The summed E-state index contributed by atoms with van der Waals surface area (Å²) in [5.74, 6) is 0.0245. The number of hydrogen-bond donors (Lipinski definition) is 5. The van der Waals surface area contributed by atoms with Crippen molar-refractivity contribution < 1.29 is 4.79 Å². The maximum Gasteiger partial charge on any atom is 0.223 e. The third-order valence-corrected chi connectivity index (χ3v) is 2.52. The van der Waals surface area contributed by atoms with E-state index in [2.05, 4.69) is 39.4 Å². The lowest BCUT2D eigenvalue weighted by atomic mass is 10.1. The third kappa shape index (κ3) is 4.12. The van der Waals surface area contributed by atoms with Crippen LogP contribution >= 0.6 is 0 Å². The topological polar surface area (TPSA) is 77.2 Å². The molecular weight excluding hydrogens is 218 g/mol. The van der Waals surface area contributed by atoms with Crippen LogP contribution in [-0.2, 0) is 11.2 Å². The molecule has 1 aliphatic rings. The van der Waals surface area contributed by atoms with Gasteiger partial charge in [-0.1, -0.05) is 30.3 Å². The van der Waals surface area contributed by atoms with E-state index in [1.807, 2.05) is 18.2 Å². The van der Waals surface area contributed by atoms with Crippen LogP contribution in [0.15, 0.2) is 30.3 Å². The Balaban J connectivity index is 1.63. The summed E-state index contributed by atoms with van der Waals surface area (Å²) in [6.07, 6.45) is 1.16. The molecule has 0 aromatic heterocycles. The van der Waals surface area contributed by atoms with Gasteiger partial charge in [0.15, 0.2) is 0 Å². The molecule has 1 heterocycles. The minimum absolute atomic E-state index is 0.0245. The van der Waals surface area contributed by atoms with Gasteiger partial charge in [0.25, 0.3) is 0 Å². The quantitative estimate of drug-likeness (QED) is 0.461. The van der Waals surface area contributed by atoms with Crippen molar-refractivity contribution in [3.63, 3.8) is 0 Å². The number of rotatable bonds is 5. The van der Waals surface area contributed by atoms with E-state index in [0.717, 1.165) is 6.42 Å². The molecule has 1 amide bonds. The lowest BCUT2D eigenvalue weighted by Gasteiger charge is -2.09. The Bertz CT molecular complexity index is 350. The van der Waals surface area contributed by atoms with Crippen molar-refractivity contribution in [2.75, 3.05) is 6.54 Å². The fourth-order valence-corrected chi connectivity index (χ4v) is 1.63. The van der Waals surface area contributed by atoms with Gasteiger partial charge in [-0.2, -0.15) is 11.1 Å². The van der Waals surface area contributed by atoms with E-state index in [4.69, 9.17) is 0 Å². The standard InChI is InChI=1S/C11H17N5O/c17-11(8-10-13-15-16-14-10)12-7-6-9-4-2-1-3-5-9/h1-5,10,13-16H,6-8H2,(H,12,17). The van der Waals surface area contributed by atoms with E-state index in [9.17, 15) is 4.79 Å². The number of amides is 1. The van der Waals surface area contributed by atoms with E-state index < -0.39 is 0 Å². The maximum atomic E-state index is 11.5. The summed E-state index contributed by atoms with van der Waals surface area (Å²) in [6.45, 7) is 0.663. The molecule has 1 saturated heterocycles. The van der Waals surface area contributed by atoms with Crippen molar-refractivity contribution >= 4 is 5.91 Å². The number of hydrogen-bond acceptors (Lipinski definition) is 5. The second kappa shape index (κ2) is 6.31. The molecule has 0 bridgehead atoms. The highest BCUT2D eigenvalue weighted by molar-refractivity contribution is 5.76. The van der Waals surface area contributed by atoms with Crippen LogP contribution in [0.1, 0.15) is 12.0 Å². The van der Waals surface area contributed by atoms with E-state index >= 15 is 0 Å². The van der Waals surface area contributed by atoms with E-state index in [-0.39, 0.29) is 12.1 Å². The second-order valence-corrected chi connectivity index (χ2v) is 3.88. The monoisotopic (exact) mass is 235 g/mol. The molecule has 0 atom stereocenters. The first-order chi connectivity index (χ1) is 8.34. The van der Waals surface area contributed by atoms with Crippen LogP contribution in [0.4, 0.5) is 0 Å². The Hall–Kier alpha value is -1.47. The van der Waals surface area contributed by atoms with Crippen molar-refractivity contribution in [3.8, 4) is 0 Å². The Morgan fingerprint density at radius 2 is 1.88 bits per heavy atom. The Labute approximate surface area is 100 Å². The summed E-state index contributed by atoms with van der Waals surface area (Å²) < 4.78 is 0. The SMILES string of the molecule is O=C(CC1NNNN1)NCCc1ccccc1. The first-order valence-corrected chi connectivity index (χ1v) is 5.66. The van der Waals surface area contributed by atoms with Crippen molar-refractivity contribution in [1.29, 1.82) is 0 Å². The summed E-state index contributed by atoms with van der Waals surface area (Å²) in [5, 5.41) is 2.88. The summed E-state index contributed by atoms with van der Waals surface area (Å²) in [6, 6.07) is 10.1. The first-order valence-electron chi connectivity index (χ1n) is 5.66. The summed E-state index contributed by atoms with van der Waals surface area (Å²) in [4.78, 5) is 11.5. The molecule has 0 radical (unpaired) electrons. The van der Waals surface area contributed by atoms with Crippen LogP contribution in [0.3, 0.4) is 0 Å². The highest BCUT2D eigenvalue weighted by Gasteiger charge is 2.15. The van der Waals surface area contributed by atoms with Gasteiger partial charge in [0.2, 0.25) is 5.91 Å². The molecule has 6 nitrogen and oxygen atoms in total. The van der Waals surface area contributed by atoms with Gasteiger partial charge in [0.05, 0.1) is 12.6 Å². The van der Waals surface area contributed by atoms with Gasteiger partial charge in [-0.25, -0.2) is 10.9 Å². The number of benzene rings is 1. The van der Waals surface area contributed by atoms with Gasteiger partial charge >= 0.3 is 0 Å². The predicted molar refractivity (Wildman–Crippen MR) is 64.1 cm³/mol. The summed E-state index contributed by atoms with van der Waals surface area (Å²) in [7, 11) is 0. The molecule has 1 fully saturated rings. The van der Waals surface area contributed by atoms with Crippen LogP contribution < -0.4 is 27.2 Å². The molecule has 17 heavy (non-hydrogen) atoms. The summed E-state index contributed by atoms with van der Waals surface area (Å²) >= 11 is 0. The zero-order valence-corrected chi connectivity index (χ0v) is 9.49. The van der Waals surface area contributed by atoms with Crippen LogP contribution in [0.2, 0.25) is 0 Å². The minimum atomic E-state index is -0.0771. The smallest absolute Gasteiger partial charge is 0.223 e. The van der Waals surface area contributed by atoms with Gasteiger partial charge in [0.1, 0.15) is 0 Å². The molecule has 0 aliphatic carbocycles. The van der Waals surface area contributed by atoms with E-state index in [1.54, 1.807) is 0 Å². The summed E-state index contributed by atoms with van der Waals surface area (Å²) in [5.41, 5.74) is 12.3. The number of carbonyl (C=O) groups is 1. The molecule has 1 aromatic rings. The second-order valence-electron chi connectivity index (χ2n) is 3.88.